The molecule has 5 nitrogen and oxygen atoms in total. The largest absolute Gasteiger partial charge is 0.298 e. The number of halogens is 1. The number of rotatable bonds is 11. The quantitative estimate of drug-likeness (QED) is 0.470. The molecule has 0 aromatic heterocycles. The Hall–Kier alpha value is -1.44. The molecule has 33 heavy (non-hydrogen) atoms. The molecule has 1 heterocycles. The number of benzene rings is 2. The summed E-state index contributed by atoms with van der Waals surface area (Å²) < 4.78 is 22.2. The number of piperazine rings is 1. The van der Waals surface area contributed by atoms with Gasteiger partial charge in [-0.25, -0.2) is 13.6 Å². The molecule has 1 saturated heterocycles. The van der Waals surface area contributed by atoms with E-state index in [4.69, 9.17) is 16.7 Å². The number of nitrogens with zero attached hydrogens (tertiary/aromatic N) is 2. The van der Waals surface area contributed by atoms with Gasteiger partial charge < -0.3 is 0 Å². The van der Waals surface area contributed by atoms with E-state index >= 15 is 0 Å². The summed E-state index contributed by atoms with van der Waals surface area (Å²) in [6.45, 7) is 4.52. The van der Waals surface area contributed by atoms with Gasteiger partial charge in [0.2, 0.25) is 10.0 Å². The van der Waals surface area contributed by atoms with Gasteiger partial charge in [0.05, 0.1) is 5.75 Å². The summed E-state index contributed by atoms with van der Waals surface area (Å²) in [4.78, 5) is 5.34. The molecular weight excluding hydrogens is 454 g/mol. The molecule has 1 unspecified atom stereocenters. The monoisotopic (exact) mass is 489 g/mol. The van der Waals surface area contributed by atoms with Gasteiger partial charge in [0.1, 0.15) is 0 Å². The molecule has 1 aliphatic heterocycles. The summed E-state index contributed by atoms with van der Waals surface area (Å²) >= 11 is 6.16. The van der Waals surface area contributed by atoms with E-state index in [1.54, 1.807) is 0 Å². The van der Waals surface area contributed by atoms with Crippen LogP contribution in [0.1, 0.15) is 44.1 Å². The van der Waals surface area contributed by atoms with Gasteiger partial charge in [0.15, 0.2) is 0 Å². The first-order valence-corrected chi connectivity index (χ1v) is 14.3. The minimum atomic E-state index is -3.33. The van der Waals surface area contributed by atoms with Crippen LogP contribution in [0.4, 0.5) is 0 Å². The van der Waals surface area contributed by atoms with Crippen molar-refractivity contribution in [2.45, 2.75) is 57.0 Å². The van der Waals surface area contributed by atoms with Gasteiger partial charge in [0, 0.05) is 36.7 Å². The van der Waals surface area contributed by atoms with E-state index in [0.29, 0.717) is 12.5 Å². The molecule has 2 fully saturated rings. The lowest BCUT2D eigenvalue weighted by molar-refractivity contribution is 0.0681. The summed E-state index contributed by atoms with van der Waals surface area (Å²) in [6, 6.07) is 18.3. The maximum atomic E-state index is 11.1. The van der Waals surface area contributed by atoms with Crippen LogP contribution in [0.5, 0.6) is 0 Å². The second kappa shape index (κ2) is 11.3. The number of hydrogen-bond donors (Lipinski definition) is 1. The minimum absolute atomic E-state index is 0.0981. The van der Waals surface area contributed by atoms with Crippen molar-refractivity contribution in [2.24, 2.45) is 5.14 Å². The predicted octanol–water partition coefficient (Wildman–Crippen LogP) is 4.55. The SMILES string of the molecule is NS(=O)(=O)CCCCCCN1CCN(C2CC2)CC1Cc1ccc(-c2cccc(Cl)c2)cc1. The van der Waals surface area contributed by atoms with Gasteiger partial charge in [-0.2, -0.15) is 0 Å². The molecule has 0 spiro atoms. The normalized spacial score (nSPS) is 20.2. The fourth-order valence-corrected chi connectivity index (χ4v) is 5.72. The number of unbranched alkanes of at least 4 members (excludes halogenated alkanes) is 3. The Morgan fingerprint density at radius 3 is 2.39 bits per heavy atom. The molecule has 2 aromatic carbocycles. The predicted molar refractivity (Wildman–Crippen MR) is 137 cm³/mol. The summed E-state index contributed by atoms with van der Waals surface area (Å²) in [7, 11) is -3.33. The summed E-state index contributed by atoms with van der Waals surface area (Å²) in [5.41, 5.74) is 3.72. The molecule has 2 N–H and O–H groups in total. The Morgan fingerprint density at radius 1 is 0.939 bits per heavy atom. The first-order chi connectivity index (χ1) is 15.9. The minimum Gasteiger partial charge on any atom is -0.298 e. The van der Waals surface area contributed by atoms with Crippen molar-refractivity contribution in [3.8, 4) is 11.1 Å². The van der Waals surface area contributed by atoms with E-state index in [-0.39, 0.29) is 5.75 Å². The molecule has 0 bridgehead atoms. The van der Waals surface area contributed by atoms with Crippen molar-refractivity contribution in [1.82, 2.24) is 9.80 Å². The second-order valence-electron chi connectivity index (χ2n) is 9.61. The number of nitrogens with two attached hydrogens (primary N) is 1. The van der Waals surface area contributed by atoms with Gasteiger partial charge in [-0.3, -0.25) is 9.80 Å². The van der Waals surface area contributed by atoms with Crippen LogP contribution in [0.3, 0.4) is 0 Å². The van der Waals surface area contributed by atoms with Crippen LogP contribution in [0, 0.1) is 0 Å². The van der Waals surface area contributed by atoms with Crippen LogP contribution in [0.25, 0.3) is 11.1 Å². The average molecular weight is 490 g/mol. The lowest BCUT2D eigenvalue weighted by Crippen LogP contribution is -2.54. The van der Waals surface area contributed by atoms with Gasteiger partial charge in [-0.05, 0) is 67.5 Å². The van der Waals surface area contributed by atoms with Crippen molar-refractivity contribution in [2.75, 3.05) is 31.9 Å². The number of hydrogen-bond acceptors (Lipinski definition) is 4. The van der Waals surface area contributed by atoms with E-state index in [1.807, 2.05) is 18.2 Å². The first kappa shape index (κ1) is 24.7. The van der Waals surface area contributed by atoms with Crippen LogP contribution < -0.4 is 5.14 Å². The van der Waals surface area contributed by atoms with E-state index in [1.165, 1.54) is 30.5 Å². The third kappa shape index (κ3) is 7.79. The number of primary sulfonamides is 1. The highest BCUT2D eigenvalue weighted by Gasteiger charge is 2.35. The average Bonchev–Trinajstić information content (AvgIpc) is 3.62. The third-order valence-corrected chi connectivity index (χ3v) is 8.00. The van der Waals surface area contributed by atoms with Gasteiger partial charge >= 0.3 is 0 Å². The molecule has 2 aromatic rings. The molecule has 1 saturated carbocycles. The summed E-state index contributed by atoms with van der Waals surface area (Å²) in [5, 5.41) is 5.87. The molecule has 1 atom stereocenters. The molecule has 1 aliphatic carbocycles. The Labute approximate surface area is 204 Å². The molecule has 0 radical (unpaired) electrons. The van der Waals surface area contributed by atoms with Crippen LogP contribution in [-0.4, -0.2) is 62.2 Å². The Bertz CT molecular complexity index is 1010. The molecule has 2 aliphatic rings. The lowest BCUT2D eigenvalue weighted by atomic mass is 9.98. The maximum Gasteiger partial charge on any atom is 0.209 e. The van der Waals surface area contributed by atoms with Crippen molar-refractivity contribution in [1.29, 1.82) is 0 Å². The molecule has 0 amide bonds. The zero-order valence-corrected chi connectivity index (χ0v) is 20.9. The highest BCUT2D eigenvalue weighted by Crippen LogP contribution is 2.30. The van der Waals surface area contributed by atoms with Crippen LogP contribution in [-0.2, 0) is 16.4 Å². The molecule has 7 heteroatoms. The summed E-state index contributed by atoms with van der Waals surface area (Å²) in [6.07, 6.45) is 7.52. The zero-order valence-electron chi connectivity index (χ0n) is 19.3. The van der Waals surface area contributed by atoms with Gasteiger partial charge in [0.25, 0.3) is 0 Å². The zero-order chi connectivity index (χ0) is 23.3. The van der Waals surface area contributed by atoms with Crippen molar-refractivity contribution in [3.63, 3.8) is 0 Å². The van der Waals surface area contributed by atoms with E-state index in [2.05, 4.69) is 40.1 Å². The van der Waals surface area contributed by atoms with Crippen LogP contribution in [0.2, 0.25) is 5.02 Å². The first-order valence-electron chi connectivity index (χ1n) is 12.2. The van der Waals surface area contributed by atoms with Gasteiger partial charge in [-0.15, -0.1) is 0 Å². The molecule has 180 valence electrons. The summed E-state index contributed by atoms with van der Waals surface area (Å²) in [5.74, 6) is 0.0981. The van der Waals surface area contributed by atoms with E-state index < -0.39 is 10.0 Å². The van der Waals surface area contributed by atoms with E-state index in [9.17, 15) is 8.42 Å². The number of sulfonamides is 1. The fourth-order valence-electron chi connectivity index (χ4n) is 4.92. The third-order valence-electron chi connectivity index (χ3n) is 6.91. The lowest BCUT2D eigenvalue weighted by Gasteiger charge is -2.42. The smallest absolute Gasteiger partial charge is 0.209 e. The van der Waals surface area contributed by atoms with Crippen molar-refractivity contribution in [3.05, 3.63) is 59.1 Å². The highest BCUT2D eigenvalue weighted by atomic mass is 35.5. The van der Waals surface area contributed by atoms with Crippen LogP contribution in [0.15, 0.2) is 48.5 Å². The van der Waals surface area contributed by atoms with Crippen molar-refractivity contribution >= 4 is 21.6 Å². The Kier molecular flexibility index (Phi) is 8.47. The molecule has 4 rings (SSSR count). The molecular formula is C26H36ClN3O2S. The maximum absolute atomic E-state index is 11.1. The topological polar surface area (TPSA) is 66.6 Å². The standard InChI is InChI=1S/C26H36ClN3O2S/c27-24-7-5-6-23(19-24)22-10-8-21(9-11-22)18-26-20-30(25-12-13-25)16-15-29(26)14-3-1-2-4-17-33(28,31)32/h5-11,19,25-26H,1-4,12-18,20H2,(H2,28,31,32). The van der Waals surface area contributed by atoms with Crippen LogP contribution >= 0.6 is 11.6 Å². The second-order valence-corrected chi connectivity index (χ2v) is 11.8. The van der Waals surface area contributed by atoms with Crippen molar-refractivity contribution < 1.29 is 8.42 Å². The Balaban J connectivity index is 1.33. The van der Waals surface area contributed by atoms with Gasteiger partial charge in [-0.1, -0.05) is 60.8 Å². The Morgan fingerprint density at radius 2 is 1.70 bits per heavy atom. The fraction of sp³-hybridized carbons (Fsp3) is 0.538. The van der Waals surface area contributed by atoms with E-state index in [0.717, 1.165) is 61.9 Å². The highest BCUT2D eigenvalue weighted by molar-refractivity contribution is 7.89.